The van der Waals surface area contributed by atoms with Gasteiger partial charge in [0.05, 0.1) is 16.3 Å². The van der Waals surface area contributed by atoms with Gasteiger partial charge in [-0.05, 0) is 17.7 Å². The molecule has 5 nitrogen and oxygen atoms in total. The Labute approximate surface area is 191 Å². The molecule has 0 N–H and O–H groups in total. The van der Waals surface area contributed by atoms with Crippen molar-refractivity contribution in [1.29, 1.82) is 0 Å². The maximum atomic E-state index is 11.2. The average molecular weight is 431 g/mol. The Hall–Kier alpha value is -4.51. The number of hydrogen-bond acceptors (Lipinski definition) is 3. The Kier molecular flexibility index (Phi) is 5.52. The van der Waals surface area contributed by atoms with Gasteiger partial charge in [-0.15, -0.1) is 0 Å². The van der Waals surface area contributed by atoms with Gasteiger partial charge in [-0.1, -0.05) is 91.0 Å². The van der Waals surface area contributed by atoms with E-state index in [4.69, 9.17) is 4.98 Å². The molecule has 33 heavy (non-hydrogen) atoms. The Morgan fingerprint density at radius 1 is 0.667 bits per heavy atom. The number of aromatic nitrogens is 2. The number of nitro benzene ring substituents is 1. The van der Waals surface area contributed by atoms with Crippen LogP contribution in [0.25, 0.3) is 33.9 Å². The fraction of sp³-hybridized carbons (Fsp3) is 0.0357. The SMILES string of the molecule is O=[N+]([O-])c1ccc(-c2nc(-c3ccccc3)c(-c3ccccc3)n2Cc2ccccc2)cc1. The molecule has 0 spiro atoms. The van der Waals surface area contributed by atoms with Crippen molar-refractivity contribution < 1.29 is 4.92 Å². The fourth-order valence-corrected chi connectivity index (χ4v) is 4.01. The molecule has 0 aliphatic carbocycles. The highest BCUT2D eigenvalue weighted by Crippen LogP contribution is 2.37. The molecule has 0 saturated carbocycles. The van der Waals surface area contributed by atoms with Gasteiger partial charge in [0.1, 0.15) is 5.82 Å². The second-order valence-electron chi connectivity index (χ2n) is 7.74. The number of imidazole rings is 1. The smallest absolute Gasteiger partial charge is 0.269 e. The van der Waals surface area contributed by atoms with Crippen molar-refractivity contribution in [1.82, 2.24) is 9.55 Å². The first-order chi connectivity index (χ1) is 16.2. The van der Waals surface area contributed by atoms with E-state index in [9.17, 15) is 10.1 Å². The molecule has 160 valence electrons. The summed E-state index contributed by atoms with van der Waals surface area (Å²) >= 11 is 0. The van der Waals surface area contributed by atoms with Crippen LogP contribution in [0.2, 0.25) is 0 Å². The lowest BCUT2D eigenvalue weighted by molar-refractivity contribution is -0.384. The van der Waals surface area contributed by atoms with Gasteiger partial charge < -0.3 is 4.57 Å². The molecular formula is C28H21N3O2. The van der Waals surface area contributed by atoms with Crippen LogP contribution < -0.4 is 0 Å². The van der Waals surface area contributed by atoms with Crippen molar-refractivity contribution in [2.75, 3.05) is 0 Å². The van der Waals surface area contributed by atoms with Crippen molar-refractivity contribution in [3.05, 3.63) is 131 Å². The van der Waals surface area contributed by atoms with Crippen LogP contribution in [0.1, 0.15) is 5.56 Å². The van der Waals surface area contributed by atoms with Crippen LogP contribution in [0.5, 0.6) is 0 Å². The van der Waals surface area contributed by atoms with Gasteiger partial charge in [0.2, 0.25) is 0 Å². The lowest BCUT2D eigenvalue weighted by atomic mass is 10.0. The van der Waals surface area contributed by atoms with E-state index in [2.05, 4.69) is 41.0 Å². The summed E-state index contributed by atoms with van der Waals surface area (Å²) in [5.74, 6) is 0.770. The first kappa shape index (κ1) is 20.4. The number of nitro groups is 1. The molecule has 5 aromatic rings. The van der Waals surface area contributed by atoms with Crippen LogP contribution in [-0.2, 0) is 6.54 Å². The van der Waals surface area contributed by atoms with Crippen molar-refractivity contribution >= 4 is 5.69 Å². The number of benzene rings is 4. The number of hydrogen-bond donors (Lipinski definition) is 0. The van der Waals surface area contributed by atoms with E-state index in [-0.39, 0.29) is 10.6 Å². The third-order valence-corrected chi connectivity index (χ3v) is 5.58. The quantitative estimate of drug-likeness (QED) is 0.218. The van der Waals surface area contributed by atoms with Gasteiger partial charge in [-0.3, -0.25) is 10.1 Å². The highest BCUT2D eigenvalue weighted by atomic mass is 16.6. The molecule has 0 saturated heterocycles. The van der Waals surface area contributed by atoms with E-state index >= 15 is 0 Å². The van der Waals surface area contributed by atoms with Gasteiger partial charge in [0, 0.05) is 35.4 Å². The number of rotatable bonds is 6. The number of nitrogens with zero attached hydrogens (tertiary/aromatic N) is 3. The molecule has 0 unspecified atom stereocenters. The monoisotopic (exact) mass is 431 g/mol. The Balaban J connectivity index is 1.77. The zero-order valence-electron chi connectivity index (χ0n) is 17.8. The van der Waals surface area contributed by atoms with E-state index in [0.29, 0.717) is 6.54 Å². The second-order valence-corrected chi connectivity index (χ2v) is 7.74. The lowest BCUT2D eigenvalue weighted by Crippen LogP contribution is -2.04. The van der Waals surface area contributed by atoms with Crippen molar-refractivity contribution in [2.24, 2.45) is 0 Å². The lowest BCUT2D eigenvalue weighted by Gasteiger charge is -2.14. The van der Waals surface area contributed by atoms with Crippen LogP contribution in [-0.4, -0.2) is 14.5 Å². The van der Waals surface area contributed by atoms with Crippen LogP contribution in [0.4, 0.5) is 5.69 Å². The molecule has 5 heteroatoms. The van der Waals surface area contributed by atoms with Crippen LogP contribution in [0.3, 0.4) is 0 Å². The Morgan fingerprint density at radius 3 is 1.79 bits per heavy atom. The number of non-ortho nitro benzene ring substituents is 1. The molecule has 0 atom stereocenters. The zero-order valence-corrected chi connectivity index (χ0v) is 17.8. The maximum Gasteiger partial charge on any atom is 0.269 e. The van der Waals surface area contributed by atoms with E-state index in [0.717, 1.165) is 39.5 Å². The normalized spacial score (nSPS) is 10.8. The van der Waals surface area contributed by atoms with Gasteiger partial charge >= 0.3 is 0 Å². The summed E-state index contributed by atoms with van der Waals surface area (Å²) in [6.07, 6.45) is 0. The summed E-state index contributed by atoms with van der Waals surface area (Å²) in [5.41, 5.74) is 6.02. The molecule has 0 aliphatic heterocycles. The van der Waals surface area contributed by atoms with Gasteiger partial charge in [-0.25, -0.2) is 4.98 Å². The minimum absolute atomic E-state index is 0.0616. The summed E-state index contributed by atoms with van der Waals surface area (Å²) in [6, 6.07) is 37.2. The minimum Gasteiger partial charge on any atom is -0.319 e. The summed E-state index contributed by atoms with van der Waals surface area (Å²) in [4.78, 5) is 15.9. The molecule has 0 radical (unpaired) electrons. The molecule has 4 aromatic carbocycles. The molecule has 0 fully saturated rings. The van der Waals surface area contributed by atoms with E-state index in [1.807, 2.05) is 54.6 Å². The molecule has 5 rings (SSSR count). The zero-order chi connectivity index (χ0) is 22.6. The molecule has 1 heterocycles. The molecular weight excluding hydrogens is 410 g/mol. The highest BCUT2D eigenvalue weighted by Gasteiger charge is 2.21. The van der Waals surface area contributed by atoms with Crippen molar-refractivity contribution in [2.45, 2.75) is 6.54 Å². The molecule has 0 aliphatic rings. The van der Waals surface area contributed by atoms with Crippen LogP contribution in [0.15, 0.2) is 115 Å². The first-order valence-corrected chi connectivity index (χ1v) is 10.7. The summed E-state index contributed by atoms with van der Waals surface area (Å²) < 4.78 is 2.20. The Bertz CT molecular complexity index is 1380. The van der Waals surface area contributed by atoms with Crippen molar-refractivity contribution in [3.63, 3.8) is 0 Å². The second kappa shape index (κ2) is 8.93. The van der Waals surface area contributed by atoms with Crippen molar-refractivity contribution in [3.8, 4) is 33.9 Å². The summed E-state index contributed by atoms with van der Waals surface area (Å²) in [6.45, 7) is 0.622. The average Bonchev–Trinajstić information content (AvgIpc) is 3.25. The minimum atomic E-state index is -0.384. The topological polar surface area (TPSA) is 61.0 Å². The molecule has 1 aromatic heterocycles. The highest BCUT2D eigenvalue weighted by molar-refractivity contribution is 5.82. The third-order valence-electron chi connectivity index (χ3n) is 5.58. The van der Waals surface area contributed by atoms with Gasteiger partial charge in [-0.2, -0.15) is 0 Å². The summed E-state index contributed by atoms with van der Waals surface area (Å²) in [5, 5.41) is 11.2. The standard InChI is InChI=1S/C28H21N3O2/c32-31(33)25-18-16-24(17-19-25)28-29-26(22-12-6-2-7-13-22)27(23-14-8-3-9-15-23)30(28)20-21-10-4-1-5-11-21/h1-19H,20H2. The van der Waals surface area contributed by atoms with E-state index in [1.54, 1.807) is 12.1 Å². The largest absolute Gasteiger partial charge is 0.319 e. The van der Waals surface area contributed by atoms with Crippen LogP contribution >= 0.6 is 0 Å². The maximum absolute atomic E-state index is 11.2. The predicted octanol–water partition coefficient (Wildman–Crippen LogP) is 6.84. The van der Waals surface area contributed by atoms with Gasteiger partial charge in [0.25, 0.3) is 5.69 Å². The van der Waals surface area contributed by atoms with E-state index in [1.165, 1.54) is 12.1 Å². The van der Waals surface area contributed by atoms with Crippen LogP contribution in [0, 0.1) is 10.1 Å². The third kappa shape index (κ3) is 4.16. The Morgan fingerprint density at radius 2 is 1.21 bits per heavy atom. The fourth-order valence-electron chi connectivity index (χ4n) is 4.01. The predicted molar refractivity (Wildman–Crippen MR) is 131 cm³/mol. The first-order valence-electron chi connectivity index (χ1n) is 10.7. The summed E-state index contributed by atoms with van der Waals surface area (Å²) in [7, 11) is 0. The molecule has 0 amide bonds. The van der Waals surface area contributed by atoms with E-state index < -0.39 is 0 Å². The van der Waals surface area contributed by atoms with Gasteiger partial charge in [0.15, 0.2) is 0 Å². The molecule has 0 bridgehead atoms.